The molecule has 0 saturated carbocycles. The topological polar surface area (TPSA) is 106 Å². The fourth-order valence-electron chi connectivity index (χ4n) is 5.84. The number of carbonyl (C=O) groups is 1. The fourth-order valence-corrected chi connectivity index (χ4v) is 6.07. The van der Waals surface area contributed by atoms with Crippen LogP contribution < -0.4 is 21.1 Å². The van der Waals surface area contributed by atoms with E-state index in [2.05, 4.69) is 15.7 Å². The van der Waals surface area contributed by atoms with E-state index in [1.54, 1.807) is 4.57 Å². The molecule has 1 amide bonds. The number of amides is 1. The summed E-state index contributed by atoms with van der Waals surface area (Å²) in [7, 11) is 0. The molecular formula is C30H31ClF3N7O3. The van der Waals surface area contributed by atoms with E-state index >= 15 is 0 Å². The van der Waals surface area contributed by atoms with E-state index in [9.17, 15) is 22.8 Å². The number of hydrogen-bond acceptors (Lipinski definition) is 7. The Morgan fingerprint density at radius 2 is 1.91 bits per heavy atom. The van der Waals surface area contributed by atoms with Gasteiger partial charge in [0.25, 0.3) is 5.56 Å². The lowest BCUT2D eigenvalue weighted by molar-refractivity contribution is -0.137. The number of rotatable bonds is 6. The summed E-state index contributed by atoms with van der Waals surface area (Å²) in [5.74, 6) is -0.0693. The average molecular weight is 630 g/mol. The first-order valence-corrected chi connectivity index (χ1v) is 14.7. The van der Waals surface area contributed by atoms with Gasteiger partial charge in [-0.05, 0) is 55.7 Å². The predicted octanol–water partition coefficient (Wildman–Crippen LogP) is 4.61. The molecule has 2 aromatic carbocycles. The van der Waals surface area contributed by atoms with E-state index in [1.807, 2.05) is 43.9 Å². The number of ether oxygens (including phenoxy) is 1. The van der Waals surface area contributed by atoms with Crippen LogP contribution in [0, 0.1) is 0 Å². The summed E-state index contributed by atoms with van der Waals surface area (Å²) in [5, 5.41) is 10.2. The van der Waals surface area contributed by atoms with Crippen LogP contribution in [0.2, 0.25) is 5.02 Å². The molecule has 10 nitrogen and oxygen atoms in total. The molecule has 0 spiro atoms. The number of halogens is 4. The van der Waals surface area contributed by atoms with E-state index in [1.165, 1.54) is 4.52 Å². The Labute approximate surface area is 255 Å². The number of carbonyl (C=O) groups excluding carboxylic acids is 1. The van der Waals surface area contributed by atoms with Crippen LogP contribution in [0.5, 0.6) is 0 Å². The normalized spacial score (nSPS) is 16.4. The molecule has 4 heterocycles. The predicted molar refractivity (Wildman–Crippen MR) is 160 cm³/mol. The monoisotopic (exact) mass is 629 g/mol. The minimum atomic E-state index is -4.57. The Kier molecular flexibility index (Phi) is 7.67. The zero-order chi connectivity index (χ0) is 31.4. The van der Waals surface area contributed by atoms with Gasteiger partial charge in [-0.1, -0.05) is 30.7 Å². The number of nitrogens with zero attached hydrogens (tertiary/aromatic N) is 5. The standard InChI is InChI=1S/C30H31ClF3N7O3/c1-4-23-25(39-11-9-35-10-12-39)27(43)41-28(37-26(38-41)17-5-7-20-18(13-17)16-44-29(20,2)3)40(23)15-24(42)36-22-8-6-19(14-21(22)31)30(32,33)34/h5-8,13-14,35H,4,9-12,15-16H2,1-3H3,(H,36,42). The second-order valence-corrected chi connectivity index (χ2v) is 11.7. The Bertz CT molecular complexity index is 1830. The lowest BCUT2D eigenvalue weighted by Gasteiger charge is -2.31. The van der Waals surface area contributed by atoms with E-state index in [-0.39, 0.29) is 28.6 Å². The maximum Gasteiger partial charge on any atom is 0.416 e. The molecule has 6 rings (SSSR count). The van der Waals surface area contributed by atoms with Crippen LogP contribution >= 0.6 is 11.6 Å². The molecule has 1 fully saturated rings. The van der Waals surface area contributed by atoms with Crippen molar-refractivity contribution in [2.75, 3.05) is 36.4 Å². The van der Waals surface area contributed by atoms with E-state index in [0.717, 1.165) is 29.3 Å². The third kappa shape index (κ3) is 5.44. The highest BCUT2D eigenvalue weighted by molar-refractivity contribution is 6.33. The van der Waals surface area contributed by atoms with Crippen molar-refractivity contribution >= 4 is 34.7 Å². The quantitative estimate of drug-likeness (QED) is 0.321. The van der Waals surface area contributed by atoms with Crippen molar-refractivity contribution in [2.45, 2.75) is 52.1 Å². The summed E-state index contributed by atoms with van der Waals surface area (Å²) in [6.45, 7) is 8.59. The van der Waals surface area contributed by atoms with Gasteiger partial charge in [-0.15, -0.1) is 5.10 Å². The zero-order valence-electron chi connectivity index (χ0n) is 24.4. The smallest absolute Gasteiger partial charge is 0.366 e. The third-order valence-corrected chi connectivity index (χ3v) is 8.38. The largest absolute Gasteiger partial charge is 0.416 e. The molecule has 2 aromatic heterocycles. The molecule has 2 N–H and O–H groups in total. The summed E-state index contributed by atoms with van der Waals surface area (Å²) in [5.41, 5.74) is 2.16. The average Bonchev–Trinajstić information content (AvgIpc) is 3.56. The number of hydrogen-bond donors (Lipinski definition) is 2. The molecule has 232 valence electrons. The van der Waals surface area contributed by atoms with Gasteiger partial charge in [0.1, 0.15) is 12.2 Å². The molecule has 14 heteroatoms. The molecule has 0 bridgehead atoms. The minimum Gasteiger partial charge on any atom is -0.366 e. The summed E-state index contributed by atoms with van der Waals surface area (Å²) >= 11 is 6.10. The Hall–Kier alpha value is -3.94. The van der Waals surface area contributed by atoms with Gasteiger partial charge in [-0.3, -0.25) is 9.59 Å². The number of fused-ring (bicyclic) bond motifs is 2. The molecule has 0 atom stereocenters. The van der Waals surface area contributed by atoms with Crippen LogP contribution in [-0.4, -0.2) is 51.3 Å². The van der Waals surface area contributed by atoms with Gasteiger partial charge in [0.15, 0.2) is 5.82 Å². The maximum atomic E-state index is 14.0. The van der Waals surface area contributed by atoms with Crippen LogP contribution in [0.4, 0.5) is 24.5 Å². The van der Waals surface area contributed by atoms with Gasteiger partial charge in [0, 0.05) is 31.7 Å². The molecule has 2 aliphatic rings. The van der Waals surface area contributed by atoms with Gasteiger partial charge in [-0.2, -0.15) is 22.7 Å². The Morgan fingerprint density at radius 3 is 2.59 bits per heavy atom. The minimum absolute atomic E-state index is 0.0348. The summed E-state index contributed by atoms with van der Waals surface area (Å²) < 4.78 is 48.2. The SMILES string of the molecule is CCc1c(N2CCNCC2)c(=O)n2nc(-c3ccc4c(c3)COC4(C)C)nc2n1CC(=O)Nc1ccc(C(F)(F)F)cc1Cl. The number of aromatic nitrogens is 4. The van der Waals surface area contributed by atoms with Gasteiger partial charge in [0.2, 0.25) is 11.7 Å². The molecule has 4 aromatic rings. The van der Waals surface area contributed by atoms with Gasteiger partial charge in [0.05, 0.1) is 34.2 Å². The molecule has 0 unspecified atom stereocenters. The first-order chi connectivity index (χ1) is 20.9. The number of benzene rings is 2. The Morgan fingerprint density at radius 1 is 1.16 bits per heavy atom. The highest BCUT2D eigenvalue weighted by atomic mass is 35.5. The highest BCUT2D eigenvalue weighted by Crippen LogP contribution is 2.38. The van der Waals surface area contributed by atoms with Crippen molar-refractivity contribution in [3.63, 3.8) is 0 Å². The fraction of sp³-hybridized carbons (Fsp3) is 0.400. The van der Waals surface area contributed by atoms with Gasteiger partial charge >= 0.3 is 6.18 Å². The number of nitrogens with one attached hydrogen (secondary N) is 2. The lowest BCUT2D eigenvalue weighted by atomic mass is 9.94. The lowest BCUT2D eigenvalue weighted by Crippen LogP contribution is -2.47. The van der Waals surface area contributed by atoms with Crippen molar-refractivity contribution in [2.24, 2.45) is 0 Å². The van der Waals surface area contributed by atoms with Crippen molar-refractivity contribution in [3.05, 3.63) is 74.2 Å². The first kappa shape index (κ1) is 30.1. The van der Waals surface area contributed by atoms with E-state index < -0.39 is 23.2 Å². The molecular weight excluding hydrogens is 599 g/mol. The molecule has 2 aliphatic heterocycles. The van der Waals surface area contributed by atoms with Crippen LogP contribution in [0.3, 0.4) is 0 Å². The second-order valence-electron chi connectivity index (χ2n) is 11.3. The summed E-state index contributed by atoms with van der Waals surface area (Å²) in [6.07, 6.45) is -4.16. The number of piperazine rings is 1. The summed E-state index contributed by atoms with van der Waals surface area (Å²) in [4.78, 5) is 34.1. The van der Waals surface area contributed by atoms with Crippen LogP contribution in [0.1, 0.15) is 43.2 Å². The van der Waals surface area contributed by atoms with Gasteiger partial charge in [-0.25, -0.2) is 0 Å². The van der Waals surface area contributed by atoms with Crippen molar-refractivity contribution in [1.82, 2.24) is 24.5 Å². The van der Waals surface area contributed by atoms with Crippen molar-refractivity contribution in [1.29, 1.82) is 0 Å². The first-order valence-electron chi connectivity index (χ1n) is 14.3. The van der Waals surface area contributed by atoms with Crippen molar-refractivity contribution < 1.29 is 22.7 Å². The third-order valence-electron chi connectivity index (χ3n) is 8.07. The summed E-state index contributed by atoms with van der Waals surface area (Å²) in [6, 6.07) is 8.54. The van der Waals surface area contributed by atoms with E-state index in [0.29, 0.717) is 62.0 Å². The van der Waals surface area contributed by atoms with E-state index in [4.69, 9.17) is 21.3 Å². The highest BCUT2D eigenvalue weighted by Gasteiger charge is 2.33. The number of alkyl halides is 3. The molecule has 1 saturated heterocycles. The Balaban J connectivity index is 1.43. The maximum absolute atomic E-state index is 14.0. The molecule has 0 radical (unpaired) electrons. The van der Waals surface area contributed by atoms with Crippen molar-refractivity contribution in [3.8, 4) is 11.4 Å². The molecule has 0 aliphatic carbocycles. The number of anilines is 2. The molecule has 44 heavy (non-hydrogen) atoms. The van der Waals surface area contributed by atoms with Crippen LogP contribution in [0.15, 0.2) is 41.2 Å². The van der Waals surface area contributed by atoms with Crippen LogP contribution in [-0.2, 0) is 40.9 Å². The zero-order valence-corrected chi connectivity index (χ0v) is 25.1. The van der Waals surface area contributed by atoms with Gasteiger partial charge < -0.3 is 24.8 Å². The second kappa shape index (κ2) is 11.2. The van der Waals surface area contributed by atoms with Crippen LogP contribution in [0.25, 0.3) is 17.2 Å².